The van der Waals surface area contributed by atoms with E-state index in [4.69, 9.17) is 18.7 Å². The molecule has 0 spiro atoms. The van der Waals surface area contributed by atoms with Crippen molar-refractivity contribution in [1.29, 1.82) is 0 Å². The average Bonchev–Trinajstić information content (AvgIpc) is 1.62. The second-order valence-corrected chi connectivity index (χ2v) is 1.30. The Morgan fingerprint density at radius 3 is 2.38 bits per heavy atom. The van der Waals surface area contributed by atoms with Gasteiger partial charge in [-0.3, -0.25) is 4.79 Å². The van der Waals surface area contributed by atoms with Gasteiger partial charge in [0.05, 0.1) is 8.82 Å². The van der Waals surface area contributed by atoms with E-state index in [2.05, 4.69) is 0 Å². The fourth-order valence-corrected chi connectivity index (χ4v) is 0.155. The van der Waals surface area contributed by atoms with Crippen LogP contribution in [0.2, 0.25) is 0 Å². The van der Waals surface area contributed by atoms with Crippen molar-refractivity contribution in [2.24, 2.45) is 5.73 Å². The number of rotatable bonds is 2. The SMILES string of the molecule is [2H][13C](C)(O)[13C@]([2H])(N)C(=O)O. The smallest absolute Gasteiger partial charge is 0.323 e. The van der Waals surface area contributed by atoms with E-state index >= 15 is 0 Å². The molecule has 0 saturated heterocycles. The van der Waals surface area contributed by atoms with Crippen LogP contribution in [0, 0.1) is 0 Å². The number of carbonyl (C=O) groups is 1. The largest absolute Gasteiger partial charge is 0.480 e. The van der Waals surface area contributed by atoms with Gasteiger partial charge in [-0.2, -0.15) is 0 Å². The molecular weight excluding hydrogens is 112 g/mol. The summed E-state index contributed by atoms with van der Waals surface area (Å²) >= 11 is 0. The first-order valence-electron chi connectivity index (χ1n) is 2.94. The lowest BCUT2D eigenvalue weighted by Gasteiger charge is -2.06. The summed E-state index contributed by atoms with van der Waals surface area (Å²) < 4.78 is 13.5. The van der Waals surface area contributed by atoms with Crippen molar-refractivity contribution < 1.29 is 17.7 Å². The van der Waals surface area contributed by atoms with Crippen LogP contribution in [-0.4, -0.2) is 28.3 Å². The van der Waals surface area contributed by atoms with E-state index < -0.39 is 18.1 Å². The van der Waals surface area contributed by atoms with Gasteiger partial charge in [0.1, 0.15) is 6.02 Å². The molecular formula is C4H9NO3. The highest BCUT2D eigenvalue weighted by Gasteiger charge is 2.16. The van der Waals surface area contributed by atoms with Gasteiger partial charge in [-0.1, -0.05) is 0 Å². The maximum Gasteiger partial charge on any atom is 0.323 e. The van der Waals surface area contributed by atoms with E-state index in [1.807, 2.05) is 0 Å². The third kappa shape index (κ3) is 1.90. The van der Waals surface area contributed by atoms with E-state index in [9.17, 15) is 4.79 Å². The molecule has 0 aromatic rings. The van der Waals surface area contributed by atoms with Crippen molar-refractivity contribution >= 4 is 5.97 Å². The molecule has 0 aromatic heterocycles. The number of hydrogen-bond acceptors (Lipinski definition) is 3. The summed E-state index contributed by atoms with van der Waals surface area (Å²) in [6.07, 6.45) is -2.49. The number of aliphatic carboxylic acids is 1. The molecule has 48 valence electrons. The minimum atomic E-state index is -2.67. The quantitative estimate of drug-likeness (QED) is 0.402. The number of carboxylic acid groups (broad SMARTS) is 1. The third-order valence-electron chi connectivity index (χ3n) is 0.620. The van der Waals surface area contributed by atoms with E-state index in [1.165, 1.54) is 0 Å². The van der Waals surface area contributed by atoms with Gasteiger partial charge in [-0.15, -0.1) is 0 Å². The topological polar surface area (TPSA) is 83.5 Å². The van der Waals surface area contributed by atoms with Crippen LogP contribution in [0.4, 0.5) is 0 Å². The van der Waals surface area contributed by atoms with Crippen molar-refractivity contribution in [2.75, 3.05) is 0 Å². The van der Waals surface area contributed by atoms with E-state index in [1.54, 1.807) is 0 Å². The maximum atomic E-state index is 10.1. The molecule has 0 saturated carbocycles. The van der Waals surface area contributed by atoms with E-state index in [0.29, 0.717) is 0 Å². The average molecular weight is 123 g/mol. The van der Waals surface area contributed by atoms with Crippen molar-refractivity contribution in [3.8, 4) is 0 Å². The minimum Gasteiger partial charge on any atom is -0.480 e. The summed E-state index contributed by atoms with van der Waals surface area (Å²) in [5, 5.41) is 16.9. The van der Waals surface area contributed by atoms with Crippen LogP contribution >= 0.6 is 0 Å². The molecule has 0 amide bonds. The summed E-state index contributed by atoms with van der Waals surface area (Å²) in [6, 6.07) is -2.67. The van der Waals surface area contributed by atoms with Crippen LogP contribution in [0.5, 0.6) is 0 Å². The van der Waals surface area contributed by atoms with Crippen LogP contribution in [0.25, 0.3) is 0 Å². The molecule has 4 heteroatoms. The molecule has 0 bridgehead atoms. The maximum absolute atomic E-state index is 10.1. The fourth-order valence-electron chi connectivity index (χ4n) is 0.155. The van der Waals surface area contributed by atoms with Crippen molar-refractivity contribution in [2.45, 2.75) is 19.0 Å². The van der Waals surface area contributed by atoms with Gasteiger partial charge < -0.3 is 15.9 Å². The standard InChI is InChI=1S/C4H9NO3/c1-2(6)3(5)4(7)8/h2-3,6H,5H2,1H3,(H,7,8)/t2?,3-/m0/s1/i2+1D,3+1D. The fraction of sp³-hybridized carbons (Fsp3) is 0.750. The number of carboxylic acids is 1. The number of hydrogen-bond donors (Lipinski definition) is 3. The normalized spacial score (nSPS) is 28.9. The van der Waals surface area contributed by atoms with Crippen molar-refractivity contribution in [1.82, 2.24) is 0 Å². The Morgan fingerprint density at radius 2 is 2.38 bits per heavy atom. The molecule has 8 heavy (non-hydrogen) atoms. The highest BCUT2D eigenvalue weighted by molar-refractivity contribution is 5.73. The zero-order chi connectivity index (χ0) is 8.58. The van der Waals surface area contributed by atoms with Gasteiger partial charge >= 0.3 is 5.97 Å². The Bertz CT molecular complexity index is 151. The van der Waals surface area contributed by atoms with Gasteiger partial charge in [-0.25, -0.2) is 0 Å². The molecule has 0 aromatic carbocycles. The second kappa shape index (κ2) is 2.64. The highest BCUT2D eigenvalue weighted by atomic mass is 16.4. The Hall–Kier alpha value is -0.610. The van der Waals surface area contributed by atoms with Gasteiger partial charge in [0.2, 0.25) is 0 Å². The lowest BCUT2D eigenvalue weighted by Crippen LogP contribution is -2.39. The summed E-state index contributed by atoms with van der Waals surface area (Å²) in [5.41, 5.74) is 4.77. The molecule has 0 aliphatic rings. The molecule has 4 N–H and O–H groups in total. The predicted molar refractivity (Wildman–Crippen MR) is 27.3 cm³/mol. The Labute approximate surface area is 49.7 Å². The highest BCUT2D eigenvalue weighted by Crippen LogP contribution is 1.85. The lowest BCUT2D eigenvalue weighted by atomic mass is 10.8. The number of aliphatic hydroxyl groups is 1. The second-order valence-electron chi connectivity index (χ2n) is 1.30. The molecule has 2 atom stereocenters. The van der Waals surface area contributed by atoms with Gasteiger partial charge in [0.25, 0.3) is 0 Å². The first kappa shape index (κ1) is 4.29. The Kier molecular flexibility index (Phi) is 1.41. The Balaban J connectivity index is 4.57. The minimum absolute atomic E-state index is 0.841. The van der Waals surface area contributed by atoms with Crippen LogP contribution in [-0.2, 0) is 4.79 Å². The molecule has 0 fully saturated rings. The molecule has 0 heterocycles. The molecule has 0 rings (SSSR count). The Morgan fingerprint density at radius 1 is 2.00 bits per heavy atom. The van der Waals surface area contributed by atoms with Crippen molar-refractivity contribution in [3.05, 3.63) is 0 Å². The number of nitrogens with two attached hydrogens (primary N) is 1. The van der Waals surface area contributed by atoms with E-state index in [-0.39, 0.29) is 0 Å². The summed E-state index contributed by atoms with van der Waals surface area (Å²) in [4.78, 5) is 10.1. The van der Waals surface area contributed by atoms with Crippen molar-refractivity contribution in [3.63, 3.8) is 0 Å². The first-order chi connectivity index (χ1) is 4.19. The van der Waals surface area contributed by atoms with Crippen LogP contribution in [0.1, 0.15) is 9.67 Å². The van der Waals surface area contributed by atoms with Gasteiger partial charge in [0.15, 0.2) is 0 Å². The predicted octanol–water partition coefficient (Wildman–Crippen LogP) is -1.22. The molecule has 0 radical (unpaired) electrons. The zero-order valence-corrected chi connectivity index (χ0v) is 4.38. The zero-order valence-electron chi connectivity index (χ0n) is 6.38. The first-order valence-corrected chi connectivity index (χ1v) is 1.94. The lowest BCUT2D eigenvalue weighted by molar-refractivity contribution is -0.140. The molecule has 1 unspecified atom stereocenters. The van der Waals surface area contributed by atoms with Crippen LogP contribution in [0.15, 0.2) is 0 Å². The van der Waals surface area contributed by atoms with Gasteiger partial charge in [0, 0.05) is 0 Å². The van der Waals surface area contributed by atoms with E-state index in [0.717, 1.165) is 6.92 Å². The summed E-state index contributed by atoms with van der Waals surface area (Å²) in [7, 11) is 0. The summed E-state index contributed by atoms with van der Waals surface area (Å²) in [6.45, 7) is 0.841. The third-order valence-corrected chi connectivity index (χ3v) is 0.620. The summed E-state index contributed by atoms with van der Waals surface area (Å²) in [5.74, 6) is -1.73. The van der Waals surface area contributed by atoms with Gasteiger partial charge in [-0.05, 0) is 6.92 Å². The van der Waals surface area contributed by atoms with Crippen LogP contribution in [0.3, 0.4) is 0 Å². The molecule has 0 aliphatic carbocycles. The molecule has 0 aliphatic heterocycles. The van der Waals surface area contributed by atoms with Crippen LogP contribution < -0.4 is 5.73 Å². The monoisotopic (exact) mass is 123 g/mol. The molecule has 4 nitrogen and oxygen atoms in total.